The second kappa shape index (κ2) is 9.38. The molecule has 1 aromatic carbocycles. The zero-order valence-electron chi connectivity index (χ0n) is 16.9. The molecular formula is C22H19N5O3S2. The Morgan fingerprint density at radius 3 is 2.69 bits per heavy atom. The van der Waals surface area contributed by atoms with Crippen LogP contribution in [0.5, 0.6) is 0 Å². The van der Waals surface area contributed by atoms with Crippen molar-refractivity contribution in [1.29, 1.82) is 5.26 Å². The first-order valence-electron chi connectivity index (χ1n) is 9.84. The van der Waals surface area contributed by atoms with Gasteiger partial charge < -0.3 is 5.32 Å². The molecule has 0 saturated heterocycles. The highest BCUT2D eigenvalue weighted by Gasteiger charge is 2.18. The average Bonchev–Trinajstić information content (AvgIpc) is 3.25. The number of benzene rings is 1. The fraction of sp³-hybridized carbons (Fsp3) is 0.182. The van der Waals surface area contributed by atoms with Gasteiger partial charge in [0.1, 0.15) is 16.9 Å². The molecule has 0 radical (unpaired) electrons. The van der Waals surface area contributed by atoms with Gasteiger partial charge in [-0.15, -0.1) is 0 Å². The third kappa shape index (κ3) is 5.07. The van der Waals surface area contributed by atoms with Crippen LogP contribution in [-0.4, -0.2) is 30.0 Å². The van der Waals surface area contributed by atoms with E-state index in [4.69, 9.17) is 0 Å². The van der Waals surface area contributed by atoms with E-state index in [0.29, 0.717) is 16.3 Å². The summed E-state index contributed by atoms with van der Waals surface area (Å²) in [6.07, 6.45) is 4.36. The molecule has 0 saturated carbocycles. The first-order valence-corrected chi connectivity index (χ1v) is 12.3. The first kappa shape index (κ1) is 21.8. The number of nitrogens with zero attached hydrogens (tertiary/aromatic N) is 3. The number of rotatable bonds is 7. The fourth-order valence-corrected chi connectivity index (χ4v) is 5.09. The number of nitriles is 1. The lowest BCUT2D eigenvalue weighted by Crippen LogP contribution is -2.15. The van der Waals surface area contributed by atoms with Crippen LogP contribution in [0.3, 0.4) is 0 Å². The molecule has 32 heavy (non-hydrogen) atoms. The zero-order valence-corrected chi connectivity index (χ0v) is 18.5. The van der Waals surface area contributed by atoms with E-state index in [1.54, 1.807) is 18.2 Å². The summed E-state index contributed by atoms with van der Waals surface area (Å²) in [6.45, 7) is 0. The number of hydrogen-bond donors (Lipinski definition) is 2. The summed E-state index contributed by atoms with van der Waals surface area (Å²) in [5, 5.41) is 12.7. The number of amides is 1. The van der Waals surface area contributed by atoms with Gasteiger partial charge in [-0.2, -0.15) is 5.26 Å². The topological polar surface area (TPSA) is 125 Å². The molecule has 162 valence electrons. The lowest BCUT2D eigenvalue weighted by molar-refractivity contribution is -0.113. The predicted octanol–water partition coefficient (Wildman–Crippen LogP) is 3.37. The van der Waals surface area contributed by atoms with Crippen LogP contribution >= 0.6 is 11.8 Å². The van der Waals surface area contributed by atoms with E-state index in [9.17, 15) is 18.5 Å². The molecule has 1 aliphatic rings. The Balaban J connectivity index is 1.37. The van der Waals surface area contributed by atoms with Crippen molar-refractivity contribution in [3.63, 3.8) is 0 Å². The van der Waals surface area contributed by atoms with Crippen molar-refractivity contribution in [3.8, 4) is 6.07 Å². The monoisotopic (exact) mass is 465 g/mol. The Hall–Kier alpha value is -3.42. The average molecular weight is 466 g/mol. The zero-order chi connectivity index (χ0) is 22.6. The van der Waals surface area contributed by atoms with E-state index in [2.05, 4.69) is 26.1 Å². The van der Waals surface area contributed by atoms with E-state index in [1.165, 1.54) is 42.2 Å². The quantitative estimate of drug-likeness (QED) is 0.513. The van der Waals surface area contributed by atoms with Gasteiger partial charge in [0.2, 0.25) is 5.91 Å². The first-order chi connectivity index (χ1) is 15.4. The van der Waals surface area contributed by atoms with Crippen LogP contribution in [0.15, 0.2) is 64.6 Å². The van der Waals surface area contributed by atoms with Crippen LogP contribution in [0, 0.1) is 11.3 Å². The van der Waals surface area contributed by atoms with Crippen molar-refractivity contribution in [3.05, 3.63) is 71.5 Å². The molecule has 4 rings (SSSR count). The summed E-state index contributed by atoms with van der Waals surface area (Å²) in [5.41, 5.74) is 3.07. The minimum absolute atomic E-state index is 0.0523. The molecule has 0 fully saturated rings. The van der Waals surface area contributed by atoms with E-state index in [1.807, 2.05) is 6.07 Å². The number of carbonyl (C=O) groups excluding carboxylic acids is 1. The molecule has 1 amide bonds. The maximum absolute atomic E-state index is 12.5. The lowest BCUT2D eigenvalue weighted by atomic mass is 10.2. The molecule has 2 heterocycles. The smallest absolute Gasteiger partial charge is 0.263 e. The van der Waals surface area contributed by atoms with E-state index < -0.39 is 10.0 Å². The van der Waals surface area contributed by atoms with E-state index in [0.717, 1.165) is 30.5 Å². The van der Waals surface area contributed by atoms with Gasteiger partial charge in [-0.25, -0.2) is 18.4 Å². The Morgan fingerprint density at radius 1 is 1.16 bits per heavy atom. The Bertz CT molecular complexity index is 1290. The van der Waals surface area contributed by atoms with Crippen LogP contribution in [0.1, 0.15) is 23.2 Å². The number of anilines is 2. The van der Waals surface area contributed by atoms with Crippen molar-refractivity contribution in [1.82, 2.24) is 9.97 Å². The highest BCUT2D eigenvalue weighted by Crippen LogP contribution is 2.28. The van der Waals surface area contributed by atoms with Crippen molar-refractivity contribution >= 4 is 39.2 Å². The molecule has 0 spiro atoms. The third-order valence-corrected chi connectivity index (χ3v) is 7.19. The fourth-order valence-electron chi connectivity index (χ4n) is 3.31. The summed E-state index contributed by atoms with van der Waals surface area (Å²) < 4.78 is 27.3. The van der Waals surface area contributed by atoms with Crippen molar-refractivity contribution in [2.45, 2.75) is 29.2 Å². The van der Waals surface area contributed by atoms with Crippen LogP contribution in [0.2, 0.25) is 0 Å². The maximum Gasteiger partial charge on any atom is 0.263 e. The highest BCUT2D eigenvalue weighted by molar-refractivity contribution is 8.00. The van der Waals surface area contributed by atoms with Gasteiger partial charge in [-0.05, 0) is 67.3 Å². The van der Waals surface area contributed by atoms with Gasteiger partial charge in [0.25, 0.3) is 10.0 Å². The van der Waals surface area contributed by atoms with Crippen molar-refractivity contribution < 1.29 is 13.2 Å². The maximum atomic E-state index is 12.5. The summed E-state index contributed by atoms with van der Waals surface area (Å²) in [4.78, 5) is 20.9. The number of thioether (sulfide) groups is 1. The number of fused-ring (bicyclic) bond motifs is 1. The molecule has 0 aliphatic heterocycles. The number of aryl methyl sites for hydroxylation is 2. The largest absolute Gasteiger partial charge is 0.325 e. The van der Waals surface area contributed by atoms with Crippen LogP contribution in [0.25, 0.3) is 0 Å². The van der Waals surface area contributed by atoms with E-state index in [-0.39, 0.29) is 22.4 Å². The molecule has 8 nitrogen and oxygen atoms in total. The van der Waals surface area contributed by atoms with Gasteiger partial charge in [-0.3, -0.25) is 9.52 Å². The minimum Gasteiger partial charge on any atom is -0.325 e. The number of sulfonamides is 1. The Kier molecular flexibility index (Phi) is 6.39. The predicted molar refractivity (Wildman–Crippen MR) is 122 cm³/mol. The van der Waals surface area contributed by atoms with Crippen molar-refractivity contribution in [2.24, 2.45) is 0 Å². The number of hydrogen-bond acceptors (Lipinski definition) is 7. The Morgan fingerprint density at radius 2 is 1.97 bits per heavy atom. The van der Waals surface area contributed by atoms with Gasteiger partial charge in [0.15, 0.2) is 0 Å². The summed E-state index contributed by atoms with van der Waals surface area (Å²) >= 11 is 1.22. The molecule has 0 bridgehead atoms. The number of carbonyl (C=O) groups is 1. The summed E-state index contributed by atoms with van der Waals surface area (Å²) in [5.74, 6) is 0.0316. The summed E-state index contributed by atoms with van der Waals surface area (Å²) in [6, 6.07) is 14.8. The molecule has 1 aliphatic carbocycles. The van der Waals surface area contributed by atoms with Gasteiger partial charge in [0, 0.05) is 17.6 Å². The molecule has 3 aromatic rings. The number of aromatic nitrogens is 2. The standard InChI is InChI=1S/C22H19N5O3S2/c23-13-16-12-15-4-3-5-19(15)26-22(16)31-14-21(28)25-17-7-9-18(10-8-17)32(29,30)27-20-6-1-2-11-24-20/h1-2,6-12H,3-5,14H2,(H,24,27)(H,25,28). The van der Waals surface area contributed by atoms with Crippen LogP contribution in [0.4, 0.5) is 11.5 Å². The van der Waals surface area contributed by atoms with Gasteiger partial charge >= 0.3 is 0 Å². The van der Waals surface area contributed by atoms with Gasteiger partial charge in [0.05, 0.1) is 16.2 Å². The summed E-state index contributed by atoms with van der Waals surface area (Å²) in [7, 11) is -3.79. The second-order valence-electron chi connectivity index (χ2n) is 7.09. The third-order valence-electron chi connectivity index (χ3n) is 4.83. The van der Waals surface area contributed by atoms with Gasteiger partial charge in [-0.1, -0.05) is 17.8 Å². The number of pyridine rings is 2. The molecular weight excluding hydrogens is 446 g/mol. The normalized spacial score (nSPS) is 12.6. The lowest BCUT2D eigenvalue weighted by Gasteiger charge is -2.09. The van der Waals surface area contributed by atoms with Crippen LogP contribution < -0.4 is 10.0 Å². The van der Waals surface area contributed by atoms with Crippen molar-refractivity contribution in [2.75, 3.05) is 15.8 Å². The van der Waals surface area contributed by atoms with Crippen LogP contribution in [-0.2, 0) is 27.7 Å². The SMILES string of the molecule is N#Cc1cc2c(nc1SCC(=O)Nc1ccc(S(=O)(=O)Nc3ccccn3)cc1)CCC2. The Labute approximate surface area is 190 Å². The molecule has 2 aromatic heterocycles. The molecule has 0 unspecified atom stereocenters. The molecule has 0 atom stereocenters. The minimum atomic E-state index is -3.79. The number of nitrogens with one attached hydrogen (secondary N) is 2. The molecule has 10 heteroatoms. The second-order valence-corrected chi connectivity index (χ2v) is 9.74. The molecule has 2 N–H and O–H groups in total. The van der Waals surface area contributed by atoms with E-state index >= 15 is 0 Å². The highest BCUT2D eigenvalue weighted by atomic mass is 32.2.